The molecule has 0 amide bonds. The Morgan fingerprint density at radius 2 is 2.18 bits per heavy atom. The minimum Gasteiger partial charge on any atom is -0.477 e. The summed E-state index contributed by atoms with van der Waals surface area (Å²) in [6, 6.07) is 0. The van der Waals surface area contributed by atoms with Gasteiger partial charge < -0.3 is 14.4 Å². The number of rotatable bonds is 4. The molecule has 1 aliphatic rings. The number of aryl methyl sites for hydroxylation is 1. The van der Waals surface area contributed by atoms with Gasteiger partial charge in [0.05, 0.1) is 19.4 Å². The molecule has 0 spiro atoms. The second-order valence-corrected chi connectivity index (χ2v) is 4.10. The molecule has 2 heterocycles. The Hall–Kier alpha value is -1.40. The molecule has 1 saturated heterocycles. The van der Waals surface area contributed by atoms with E-state index in [9.17, 15) is 4.79 Å². The molecule has 0 unspecified atom stereocenters. The molecule has 0 radical (unpaired) electrons. The quantitative estimate of drug-likeness (QED) is 0.814. The molecule has 1 aromatic heterocycles. The standard InChI is InChI=1S/C11H17N3O3/c1-9-12-8-10(11(15)16)14(9)3-2-13-4-6-17-7-5-13/h8H,2-7H2,1H3,(H,15,16). The Morgan fingerprint density at radius 3 is 2.82 bits per heavy atom. The topological polar surface area (TPSA) is 67.6 Å². The van der Waals surface area contributed by atoms with E-state index in [-0.39, 0.29) is 5.69 Å². The van der Waals surface area contributed by atoms with E-state index in [0.717, 1.165) is 38.7 Å². The van der Waals surface area contributed by atoms with E-state index in [1.807, 2.05) is 6.92 Å². The predicted octanol–water partition coefficient (Wildman–Crippen LogP) is 0.222. The van der Waals surface area contributed by atoms with E-state index in [1.54, 1.807) is 4.57 Å². The van der Waals surface area contributed by atoms with Crippen molar-refractivity contribution in [2.24, 2.45) is 0 Å². The third kappa shape index (κ3) is 2.83. The van der Waals surface area contributed by atoms with Gasteiger partial charge in [-0.25, -0.2) is 9.78 Å². The van der Waals surface area contributed by atoms with E-state index in [4.69, 9.17) is 9.84 Å². The number of hydrogen-bond acceptors (Lipinski definition) is 4. The van der Waals surface area contributed by atoms with Crippen molar-refractivity contribution in [3.8, 4) is 0 Å². The highest BCUT2D eigenvalue weighted by Crippen LogP contribution is 2.06. The Kier molecular flexibility index (Phi) is 3.75. The first-order valence-corrected chi connectivity index (χ1v) is 5.74. The number of aromatic nitrogens is 2. The average Bonchev–Trinajstić information content (AvgIpc) is 2.69. The van der Waals surface area contributed by atoms with Crippen LogP contribution in [0.2, 0.25) is 0 Å². The van der Waals surface area contributed by atoms with Gasteiger partial charge in [0.15, 0.2) is 0 Å². The van der Waals surface area contributed by atoms with Crippen LogP contribution >= 0.6 is 0 Å². The number of aromatic carboxylic acids is 1. The van der Waals surface area contributed by atoms with E-state index in [2.05, 4.69) is 9.88 Å². The maximum Gasteiger partial charge on any atom is 0.354 e. The molecular formula is C11H17N3O3. The van der Waals surface area contributed by atoms with Gasteiger partial charge in [0.2, 0.25) is 0 Å². The van der Waals surface area contributed by atoms with E-state index >= 15 is 0 Å². The number of carbonyl (C=O) groups is 1. The van der Waals surface area contributed by atoms with Gasteiger partial charge in [0.1, 0.15) is 11.5 Å². The van der Waals surface area contributed by atoms with Crippen molar-refractivity contribution < 1.29 is 14.6 Å². The zero-order valence-electron chi connectivity index (χ0n) is 9.93. The molecule has 6 heteroatoms. The monoisotopic (exact) mass is 239 g/mol. The molecule has 2 rings (SSSR count). The van der Waals surface area contributed by atoms with Gasteiger partial charge in [0, 0.05) is 26.2 Å². The van der Waals surface area contributed by atoms with Crippen LogP contribution in [-0.2, 0) is 11.3 Å². The number of imidazole rings is 1. The predicted molar refractivity (Wildman–Crippen MR) is 61.2 cm³/mol. The molecule has 1 N–H and O–H groups in total. The second kappa shape index (κ2) is 5.29. The Morgan fingerprint density at radius 1 is 1.47 bits per heavy atom. The van der Waals surface area contributed by atoms with E-state index in [1.165, 1.54) is 6.20 Å². The van der Waals surface area contributed by atoms with Crippen LogP contribution in [0.15, 0.2) is 6.20 Å². The number of morpholine rings is 1. The Labute approximate surface area is 99.8 Å². The molecule has 0 bridgehead atoms. The number of carboxylic acids is 1. The molecule has 0 aromatic carbocycles. The molecule has 1 aromatic rings. The lowest BCUT2D eigenvalue weighted by molar-refractivity contribution is 0.0360. The first kappa shape index (κ1) is 12.1. The summed E-state index contributed by atoms with van der Waals surface area (Å²) >= 11 is 0. The van der Waals surface area contributed by atoms with Crippen molar-refractivity contribution in [1.29, 1.82) is 0 Å². The first-order valence-electron chi connectivity index (χ1n) is 5.74. The summed E-state index contributed by atoms with van der Waals surface area (Å²) in [5.41, 5.74) is 0.260. The fourth-order valence-electron chi connectivity index (χ4n) is 1.99. The molecule has 0 aliphatic carbocycles. The van der Waals surface area contributed by atoms with Gasteiger partial charge in [-0.05, 0) is 6.92 Å². The third-order valence-electron chi connectivity index (χ3n) is 3.02. The summed E-state index contributed by atoms with van der Waals surface area (Å²) in [5, 5.41) is 9.02. The average molecular weight is 239 g/mol. The third-order valence-corrected chi connectivity index (χ3v) is 3.02. The lowest BCUT2D eigenvalue weighted by Gasteiger charge is -2.26. The second-order valence-electron chi connectivity index (χ2n) is 4.10. The maximum absolute atomic E-state index is 11.0. The zero-order chi connectivity index (χ0) is 12.3. The summed E-state index contributed by atoms with van der Waals surface area (Å²) in [4.78, 5) is 17.3. The van der Waals surface area contributed by atoms with Crippen molar-refractivity contribution in [3.63, 3.8) is 0 Å². The van der Waals surface area contributed by atoms with Gasteiger partial charge in [-0.15, -0.1) is 0 Å². The summed E-state index contributed by atoms with van der Waals surface area (Å²) in [7, 11) is 0. The van der Waals surface area contributed by atoms with E-state index in [0.29, 0.717) is 6.54 Å². The Balaban J connectivity index is 1.97. The Bertz CT molecular complexity index is 397. The summed E-state index contributed by atoms with van der Waals surface area (Å²) in [6.45, 7) is 6.66. The molecule has 0 atom stereocenters. The van der Waals surface area contributed by atoms with Gasteiger partial charge in [-0.1, -0.05) is 0 Å². The van der Waals surface area contributed by atoms with Gasteiger partial charge in [-0.3, -0.25) is 4.90 Å². The van der Waals surface area contributed by atoms with Crippen molar-refractivity contribution in [2.45, 2.75) is 13.5 Å². The van der Waals surface area contributed by atoms with Crippen LogP contribution in [0.5, 0.6) is 0 Å². The fraction of sp³-hybridized carbons (Fsp3) is 0.636. The van der Waals surface area contributed by atoms with Gasteiger partial charge in [-0.2, -0.15) is 0 Å². The van der Waals surface area contributed by atoms with Gasteiger partial charge in [0.25, 0.3) is 0 Å². The highest BCUT2D eigenvalue weighted by Gasteiger charge is 2.15. The van der Waals surface area contributed by atoms with Crippen LogP contribution in [0.1, 0.15) is 16.3 Å². The number of ether oxygens (including phenoxy) is 1. The normalized spacial score (nSPS) is 17.2. The fourth-order valence-corrected chi connectivity index (χ4v) is 1.99. The highest BCUT2D eigenvalue weighted by molar-refractivity contribution is 5.85. The van der Waals surface area contributed by atoms with Crippen LogP contribution in [-0.4, -0.2) is 58.4 Å². The van der Waals surface area contributed by atoms with E-state index < -0.39 is 5.97 Å². The van der Waals surface area contributed by atoms with Crippen molar-refractivity contribution in [2.75, 3.05) is 32.8 Å². The van der Waals surface area contributed by atoms with Crippen LogP contribution in [0.3, 0.4) is 0 Å². The van der Waals surface area contributed by atoms with Crippen molar-refractivity contribution in [3.05, 3.63) is 17.7 Å². The summed E-state index contributed by atoms with van der Waals surface area (Å²) < 4.78 is 7.02. The molecule has 1 aliphatic heterocycles. The van der Waals surface area contributed by atoms with Crippen molar-refractivity contribution >= 4 is 5.97 Å². The number of carboxylic acid groups (broad SMARTS) is 1. The lowest BCUT2D eigenvalue weighted by atomic mass is 10.4. The SMILES string of the molecule is Cc1ncc(C(=O)O)n1CCN1CCOCC1. The largest absolute Gasteiger partial charge is 0.477 e. The number of hydrogen-bond donors (Lipinski definition) is 1. The first-order chi connectivity index (χ1) is 8.18. The summed E-state index contributed by atoms with van der Waals surface area (Å²) in [5.74, 6) is -0.178. The smallest absolute Gasteiger partial charge is 0.354 e. The molecule has 17 heavy (non-hydrogen) atoms. The minimum absolute atomic E-state index is 0.260. The van der Waals surface area contributed by atoms with Crippen LogP contribution in [0, 0.1) is 6.92 Å². The lowest BCUT2D eigenvalue weighted by Crippen LogP contribution is -2.38. The molecular weight excluding hydrogens is 222 g/mol. The number of nitrogens with zero attached hydrogens (tertiary/aromatic N) is 3. The summed E-state index contributed by atoms with van der Waals surface area (Å²) in [6.07, 6.45) is 1.41. The highest BCUT2D eigenvalue weighted by atomic mass is 16.5. The molecule has 6 nitrogen and oxygen atoms in total. The minimum atomic E-state index is -0.924. The molecule has 0 saturated carbocycles. The van der Waals surface area contributed by atoms with Crippen LogP contribution in [0.4, 0.5) is 0 Å². The van der Waals surface area contributed by atoms with Gasteiger partial charge >= 0.3 is 5.97 Å². The maximum atomic E-state index is 11.0. The van der Waals surface area contributed by atoms with Crippen molar-refractivity contribution in [1.82, 2.24) is 14.5 Å². The molecule has 1 fully saturated rings. The zero-order valence-corrected chi connectivity index (χ0v) is 9.93. The van der Waals surface area contributed by atoms with Crippen LogP contribution in [0.25, 0.3) is 0 Å². The van der Waals surface area contributed by atoms with Crippen LogP contribution < -0.4 is 0 Å². The molecule has 94 valence electrons.